The SMILES string of the molecule is O=C(COc1ccc(Cl)cc1)N/N=C\c1cccc(OC(=O)c2ccc(Cl)cc2)c1. The van der Waals surface area contributed by atoms with Crippen molar-refractivity contribution in [3.05, 3.63) is 94.0 Å². The molecule has 6 nitrogen and oxygen atoms in total. The highest BCUT2D eigenvalue weighted by Gasteiger charge is 2.08. The van der Waals surface area contributed by atoms with Crippen LogP contribution in [0.4, 0.5) is 0 Å². The number of nitrogens with one attached hydrogen (secondary N) is 1. The molecule has 30 heavy (non-hydrogen) atoms. The van der Waals surface area contributed by atoms with E-state index in [1.165, 1.54) is 6.21 Å². The standard InChI is InChI=1S/C22H16Cl2N2O4/c23-17-6-4-16(5-7-17)22(28)30-20-3-1-2-15(12-20)13-25-26-21(27)14-29-19-10-8-18(24)9-11-19/h1-13H,14H2,(H,26,27)/b25-13-. The summed E-state index contributed by atoms with van der Waals surface area (Å²) in [7, 11) is 0. The quantitative estimate of drug-likeness (QED) is 0.248. The number of rotatable bonds is 7. The molecule has 3 aromatic rings. The van der Waals surface area contributed by atoms with Crippen LogP contribution in [0, 0.1) is 0 Å². The molecule has 0 fully saturated rings. The summed E-state index contributed by atoms with van der Waals surface area (Å²) in [6.45, 7) is -0.197. The van der Waals surface area contributed by atoms with Crippen molar-refractivity contribution in [1.29, 1.82) is 0 Å². The van der Waals surface area contributed by atoms with Crippen molar-refractivity contribution >= 4 is 41.3 Å². The van der Waals surface area contributed by atoms with E-state index in [0.717, 1.165) is 0 Å². The lowest BCUT2D eigenvalue weighted by molar-refractivity contribution is -0.123. The van der Waals surface area contributed by atoms with Crippen molar-refractivity contribution in [1.82, 2.24) is 5.43 Å². The number of carbonyl (C=O) groups is 2. The van der Waals surface area contributed by atoms with E-state index in [-0.39, 0.29) is 6.61 Å². The Kier molecular flexibility index (Phi) is 7.43. The molecule has 0 bridgehead atoms. The van der Waals surface area contributed by atoms with Crippen molar-refractivity contribution in [3.63, 3.8) is 0 Å². The van der Waals surface area contributed by atoms with E-state index in [1.54, 1.807) is 72.8 Å². The van der Waals surface area contributed by atoms with Crippen LogP contribution in [0.5, 0.6) is 11.5 Å². The van der Waals surface area contributed by atoms with Gasteiger partial charge >= 0.3 is 5.97 Å². The second-order valence-electron chi connectivity index (χ2n) is 6.00. The van der Waals surface area contributed by atoms with Gasteiger partial charge in [-0.3, -0.25) is 4.79 Å². The molecule has 8 heteroatoms. The zero-order valence-electron chi connectivity index (χ0n) is 15.5. The van der Waals surface area contributed by atoms with Gasteiger partial charge in [-0.1, -0.05) is 35.3 Å². The molecule has 152 valence electrons. The van der Waals surface area contributed by atoms with Gasteiger partial charge in [0, 0.05) is 10.0 Å². The Balaban J connectivity index is 1.50. The van der Waals surface area contributed by atoms with Gasteiger partial charge in [-0.25, -0.2) is 10.2 Å². The minimum atomic E-state index is -0.506. The third kappa shape index (κ3) is 6.62. The summed E-state index contributed by atoms with van der Waals surface area (Å²) in [5.41, 5.74) is 3.38. The highest BCUT2D eigenvalue weighted by molar-refractivity contribution is 6.30. The zero-order valence-corrected chi connectivity index (χ0v) is 17.1. The number of hydrogen-bond donors (Lipinski definition) is 1. The molecule has 0 aliphatic carbocycles. The molecule has 0 heterocycles. The lowest BCUT2D eigenvalue weighted by atomic mass is 10.2. The number of esters is 1. The summed E-state index contributed by atoms with van der Waals surface area (Å²) in [4.78, 5) is 24.0. The summed E-state index contributed by atoms with van der Waals surface area (Å²) < 4.78 is 10.7. The van der Waals surface area contributed by atoms with E-state index in [9.17, 15) is 9.59 Å². The third-order valence-corrected chi connectivity index (χ3v) is 4.24. The molecule has 3 rings (SSSR count). The largest absolute Gasteiger partial charge is 0.484 e. The molecule has 0 unspecified atom stereocenters. The molecule has 0 spiro atoms. The summed E-state index contributed by atoms with van der Waals surface area (Å²) in [5, 5.41) is 4.99. The number of hydrogen-bond acceptors (Lipinski definition) is 5. The van der Waals surface area contributed by atoms with E-state index in [1.807, 2.05) is 0 Å². The van der Waals surface area contributed by atoms with Crippen molar-refractivity contribution < 1.29 is 19.1 Å². The van der Waals surface area contributed by atoms with Crippen LogP contribution in [-0.2, 0) is 4.79 Å². The lowest BCUT2D eigenvalue weighted by Crippen LogP contribution is -2.24. The lowest BCUT2D eigenvalue weighted by Gasteiger charge is -2.06. The van der Waals surface area contributed by atoms with Crippen molar-refractivity contribution in [2.75, 3.05) is 6.61 Å². The van der Waals surface area contributed by atoms with Crippen molar-refractivity contribution in [3.8, 4) is 11.5 Å². The fourth-order valence-corrected chi connectivity index (χ4v) is 2.55. The Morgan fingerprint density at radius 2 is 1.57 bits per heavy atom. The smallest absolute Gasteiger partial charge is 0.343 e. The molecule has 0 aliphatic rings. The first-order chi connectivity index (χ1) is 14.5. The van der Waals surface area contributed by atoms with Gasteiger partial charge in [-0.05, 0) is 66.2 Å². The van der Waals surface area contributed by atoms with Gasteiger partial charge < -0.3 is 9.47 Å². The van der Waals surface area contributed by atoms with Crippen LogP contribution < -0.4 is 14.9 Å². The molecule has 3 aromatic carbocycles. The van der Waals surface area contributed by atoms with Crippen LogP contribution in [0.3, 0.4) is 0 Å². The average molecular weight is 443 g/mol. The fourth-order valence-electron chi connectivity index (χ4n) is 2.30. The summed E-state index contributed by atoms with van der Waals surface area (Å²) >= 11 is 11.6. The van der Waals surface area contributed by atoms with Gasteiger partial charge in [-0.15, -0.1) is 0 Å². The summed E-state index contributed by atoms with van der Waals surface area (Å²) in [6, 6.07) is 19.8. The normalized spacial score (nSPS) is 10.6. The molecule has 0 aromatic heterocycles. The van der Waals surface area contributed by atoms with E-state index >= 15 is 0 Å². The second kappa shape index (κ2) is 10.4. The number of hydrazone groups is 1. The van der Waals surface area contributed by atoms with Crippen molar-refractivity contribution in [2.45, 2.75) is 0 Å². The van der Waals surface area contributed by atoms with Crippen LogP contribution in [0.25, 0.3) is 0 Å². The van der Waals surface area contributed by atoms with E-state index in [4.69, 9.17) is 32.7 Å². The Morgan fingerprint density at radius 3 is 2.27 bits per heavy atom. The maximum atomic E-state index is 12.2. The number of benzene rings is 3. The molecule has 0 radical (unpaired) electrons. The molecule has 1 N–H and O–H groups in total. The Bertz CT molecular complexity index is 1050. The second-order valence-corrected chi connectivity index (χ2v) is 6.88. The van der Waals surface area contributed by atoms with Crippen LogP contribution in [0.2, 0.25) is 10.0 Å². The monoisotopic (exact) mass is 442 g/mol. The van der Waals surface area contributed by atoms with Crippen LogP contribution in [0.1, 0.15) is 15.9 Å². The van der Waals surface area contributed by atoms with Crippen LogP contribution in [0.15, 0.2) is 77.9 Å². The van der Waals surface area contributed by atoms with Crippen LogP contribution in [-0.4, -0.2) is 24.7 Å². The van der Waals surface area contributed by atoms with Gasteiger partial charge in [-0.2, -0.15) is 5.10 Å². The number of ether oxygens (including phenoxy) is 2. The topological polar surface area (TPSA) is 77.0 Å². The predicted octanol–water partition coefficient (Wildman–Crippen LogP) is 4.74. The molecule has 0 atom stereocenters. The first-order valence-corrected chi connectivity index (χ1v) is 9.53. The van der Waals surface area contributed by atoms with E-state index in [0.29, 0.717) is 32.7 Å². The van der Waals surface area contributed by atoms with Gasteiger partial charge in [0.25, 0.3) is 5.91 Å². The minimum absolute atomic E-state index is 0.197. The Hall–Kier alpha value is -3.35. The van der Waals surface area contributed by atoms with Gasteiger partial charge in [0.1, 0.15) is 11.5 Å². The molecule has 0 saturated heterocycles. The first kappa shape index (κ1) is 21.4. The number of amides is 1. The Labute approximate surface area is 183 Å². The number of halogens is 2. The van der Waals surface area contributed by atoms with E-state index in [2.05, 4.69) is 10.5 Å². The fraction of sp³-hybridized carbons (Fsp3) is 0.0455. The third-order valence-electron chi connectivity index (χ3n) is 3.74. The number of carbonyl (C=O) groups excluding carboxylic acids is 2. The van der Waals surface area contributed by atoms with Crippen LogP contribution >= 0.6 is 23.2 Å². The maximum Gasteiger partial charge on any atom is 0.343 e. The maximum absolute atomic E-state index is 12.2. The van der Waals surface area contributed by atoms with Gasteiger partial charge in [0.05, 0.1) is 11.8 Å². The van der Waals surface area contributed by atoms with E-state index < -0.39 is 11.9 Å². The highest BCUT2D eigenvalue weighted by Crippen LogP contribution is 2.16. The highest BCUT2D eigenvalue weighted by atomic mass is 35.5. The molecule has 0 aliphatic heterocycles. The zero-order chi connectivity index (χ0) is 21.3. The molecular weight excluding hydrogens is 427 g/mol. The van der Waals surface area contributed by atoms with Crippen molar-refractivity contribution in [2.24, 2.45) is 5.10 Å². The number of nitrogens with zero attached hydrogens (tertiary/aromatic N) is 1. The van der Waals surface area contributed by atoms with Gasteiger partial charge in [0.2, 0.25) is 0 Å². The Morgan fingerprint density at radius 1 is 0.900 bits per heavy atom. The molecule has 0 saturated carbocycles. The molecular formula is C22H16Cl2N2O4. The van der Waals surface area contributed by atoms with Gasteiger partial charge in [0.15, 0.2) is 6.61 Å². The molecule has 1 amide bonds. The first-order valence-electron chi connectivity index (χ1n) is 8.78. The summed E-state index contributed by atoms with van der Waals surface area (Å²) in [5.74, 6) is -0.0649. The predicted molar refractivity (Wildman–Crippen MR) is 116 cm³/mol. The minimum Gasteiger partial charge on any atom is -0.484 e. The summed E-state index contributed by atoms with van der Waals surface area (Å²) in [6.07, 6.45) is 1.43. The average Bonchev–Trinajstić information content (AvgIpc) is 2.74.